The molecular formula is C22H25ClN4O. The van der Waals surface area contributed by atoms with Crippen molar-refractivity contribution in [3.63, 3.8) is 0 Å². The molecule has 0 aliphatic carbocycles. The van der Waals surface area contributed by atoms with Crippen molar-refractivity contribution in [1.82, 2.24) is 14.5 Å². The number of carbonyl (C=O) groups is 1. The lowest BCUT2D eigenvalue weighted by Crippen LogP contribution is -2.40. The lowest BCUT2D eigenvalue weighted by Gasteiger charge is -2.31. The number of aromatic nitrogens is 2. The van der Waals surface area contributed by atoms with Crippen molar-refractivity contribution in [1.29, 1.82) is 0 Å². The van der Waals surface area contributed by atoms with Gasteiger partial charge in [-0.25, -0.2) is 4.98 Å². The number of hydrogen-bond acceptors (Lipinski definition) is 3. The molecule has 1 aromatic heterocycles. The van der Waals surface area contributed by atoms with Gasteiger partial charge >= 0.3 is 0 Å². The number of para-hydroxylation sites is 2. The van der Waals surface area contributed by atoms with Crippen molar-refractivity contribution >= 4 is 34.2 Å². The number of amides is 1. The predicted octanol–water partition coefficient (Wildman–Crippen LogP) is 4.56. The lowest BCUT2D eigenvalue weighted by atomic mass is 9.97. The van der Waals surface area contributed by atoms with E-state index in [-0.39, 0.29) is 11.8 Å². The van der Waals surface area contributed by atoms with Gasteiger partial charge < -0.3 is 9.88 Å². The van der Waals surface area contributed by atoms with Crippen LogP contribution in [0.1, 0.15) is 25.6 Å². The Bertz CT molecular complexity index is 966. The molecule has 0 spiro atoms. The van der Waals surface area contributed by atoms with Crippen molar-refractivity contribution in [3.8, 4) is 0 Å². The topological polar surface area (TPSA) is 50.2 Å². The summed E-state index contributed by atoms with van der Waals surface area (Å²) in [5.74, 6) is 1.14. The molecule has 6 heteroatoms. The van der Waals surface area contributed by atoms with E-state index in [1.165, 1.54) is 5.52 Å². The number of rotatable bonds is 5. The Morgan fingerprint density at radius 3 is 2.79 bits per heavy atom. The fourth-order valence-electron chi connectivity index (χ4n) is 3.99. The Hall–Kier alpha value is -2.37. The van der Waals surface area contributed by atoms with Crippen LogP contribution in [0.5, 0.6) is 0 Å². The molecule has 0 bridgehead atoms. The lowest BCUT2D eigenvalue weighted by molar-refractivity contribution is -0.121. The largest absolute Gasteiger partial charge is 0.327 e. The predicted molar refractivity (Wildman–Crippen MR) is 113 cm³/mol. The summed E-state index contributed by atoms with van der Waals surface area (Å²) < 4.78 is 2.27. The molecule has 3 aromatic rings. The number of anilines is 1. The zero-order valence-electron chi connectivity index (χ0n) is 16.1. The summed E-state index contributed by atoms with van der Waals surface area (Å²) in [5.41, 5.74) is 3.00. The zero-order chi connectivity index (χ0) is 19.5. The zero-order valence-corrected chi connectivity index (χ0v) is 16.8. The first-order chi connectivity index (χ1) is 13.6. The first kappa shape index (κ1) is 19.0. The standard InChI is InChI=1S/C22H25ClN4O/c1-2-27-20-8-4-3-7-19(20)25-21(27)15-26-13-5-6-16(14-26)22(28)24-18-11-9-17(23)10-12-18/h3-4,7-12,16H,2,5-6,13-15H2,1H3,(H,24,28)/t16-/m1/s1. The summed E-state index contributed by atoms with van der Waals surface area (Å²) in [6.45, 7) is 5.57. The number of hydrogen-bond donors (Lipinski definition) is 1. The first-order valence-corrected chi connectivity index (χ1v) is 10.2. The number of likely N-dealkylation sites (tertiary alicyclic amines) is 1. The summed E-state index contributed by atoms with van der Waals surface area (Å²) in [5, 5.41) is 3.69. The van der Waals surface area contributed by atoms with Crippen LogP contribution in [0.25, 0.3) is 11.0 Å². The van der Waals surface area contributed by atoms with Crippen molar-refractivity contribution in [3.05, 3.63) is 59.4 Å². The van der Waals surface area contributed by atoms with Gasteiger partial charge in [-0.15, -0.1) is 0 Å². The quantitative estimate of drug-likeness (QED) is 0.687. The number of piperidine rings is 1. The van der Waals surface area contributed by atoms with Gasteiger partial charge in [-0.1, -0.05) is 23.7 Å². The number of halogens is 1. The second-order valence-corrected chi connectivity index (χ2v) is 7.77. The van der Waals surface area contributed by atoms with Gasteiger partial charge in [0.1, 0.15) is 5.82 Å². The van der Waals surface area contributed by atoms with Crippen LogP contribution in [-0.2, 0) is 17.9 Å². The van der Waals surface area contributed by atoms with Gasteiger partial charge in [0.25, 0.3) is 0 Å². The SMILES string of the molecule is CCn1c(CN2CCC[C@@H](C(=O)Nc3ccc(Cl)cc3)C2)nc2ccccc21. The van der Waals surface area contributed by atoms with Gasteiger partial charge in [0, 0.05) is 23.8 Å². The minimum Gasteiger partial charge on any atom is -0.327 e. The minimum absolute atomic E-state index is 0.0103. The highest BCUT2D eigenvalue weighted by molar-refractivity contribution is 6.30. The van der Waals surface area contributed by atoms with E-state index in [1.807, 2.05) is 18.2 Å². The van der Waals surface area contributed by atoms with Crippen LogP contribution in [0.2, 0.25) is 5.02 Å². The van der Waals surface area contributed by atoms with E-state index >= 15 is 0 Å². The van der Waals surface area contributed by atoms with Crippen LogP contribution < -0.4 is 5.32 Å². The summed E-state index contributed by atoms with van der Waals surface area (Å²) >= 11 is 5.92. The van der Waals surface area contributed by atoms with Gasteiger partial charge in [0.05, 0.1) is 23.5 Å². The maximum absolute atomic E-state index is 12.7. The molecule has 1 aliphatic heterocycles. The number of nitrogens with zero attached hydrogens (tertiary/aromatic N) is 3. The maximum Gasteiger partial charge on any atom is 0.228 e. The Balaban J connectivity index is 1.44. The van der Waals surface area contributed by atoms with Gasteiger partial charge in [0.15, 0.2) is 0 Å². The van der Waals surface area contributed by atoms with Crippen molar-refractivity contribution < 1.29 is 4.79 Å². The monoisotopic (exact) mass is 396 g/mol. The van der Waals surface area contributed by atoms with E-state index in [2.05, 4.69) is 39.9 Å². The van der Waals surface area contributed by atoms with Crippen LogP contribution >= 0.6 is 11.6 Å². The van der Waals surface area contributed by atoms with E-state index in [0.717, 1.165) is 56.0 Å². The molecule has 2 heterocycles. The fraction of sp³-hybridized carbons (Fsp3) is 0.364. The van der Waals surface area contributed by atoms with E-state index in [0.29, 0.717) is 5.02 Å². The van der Waals surface area contributed by atoms with Crippen molar-refractivity contribution in [2.24, 2.45) is 5.92 Å². The third kappa shape index (κ3) is 4.05. The molecule has 1 aliphatic rings. The molecule has 0 saturated carbocycles. The first-order valence-electron chi connectivity index (χ1n) is 9.87. The Labute approximate surface area is 170 Å². The average molecular weight is 397 g/mol. The molecule has 4 rings (SSSR count). The highest BCUT2D eigenvalue weighted by atomic mass is 35.5. The normalized spacial score (nSPS) is 17.7. The van der Waals surface area contributed by atoms with Gasteiger partial charge in [-0.2, -0.15) is 0 Å². The van der Waals surface area contributed by atoms with E-state index in [1.54, 1.807) is 12.1 Å². The van der Waals surface area contributed by atoms with Crippen LogP contribution in [-0.4, -0.2) is 33.4 Å². The van der Waals surface area contributed by atoms with Gasteiger partial charge in [0.2, 0.25) is 5.91 Å². The number of carbonyl (C=O) groups excluding carboxylic acids is 1. The molecule has 146 valence electrons. The molecule has 1 N–H and O–H groups in total. The third-order valence-corrected chi connectivity index (χ3v) is 5.65. The number of fused-ring (bicyclic) bond motifs is 1. The molecule has 0 radical (unpaired) electrons. The molecule has 0 unspecified atom stereocenters. The van der Waals surface area contributed by atoms with E-state index in [9.17, 15) is 4.79 Å². The molecule has 1 amide bonds. The third-order valence-electron chi connectivity index (χ3n) is 5.40. The maximum atomic E-state index is 12.7. The molecule has 5 nitrogen and oxygen atoms in total. The van der Waals surface area contributed by atoms with Crippen LogP contribution in [0.4, 0.5) is 5.69 Å². The molecule has 1 saturated heterocycles. The Morgan fingerprint density at radius 1 is 1.21 bits per heavy atom. The number of nitrogens with one attached hydrogen (secondary N) is 1. The number of imidazole rings is 1. The smallest absolute Gasteiger partial charge is 0.228 e. The van der Waals surface area contributed by atoms with Crippen LogP contribution in [0.15, 0.2) is 48.5 Å². The van der Waals surface area contributed by atoms with Crippen LogP contribution in [0.3, 0.4) is 0 Å². The molecule has 1 atom stereocenters. The van der Waals surface area contributed by atoms with E-state index < -0.39 is 0 Å². The summed E-state index contributed by atoms with van der Waals surface area (Å²) in [6, 6.07) is 15.5. The Morgan fingerprint density at radius 2 is 2.00 bits per heavy atom. The second-order valence-electron chi connectivity index (χ2n) is 7.33. The van der Waals surface area contributed by atoms with E-state index in [4.69, 9.17) is 16.6 Å². The van der Waals surface area contributed by atoms with Crippen molar-refractivity contribution in [2.45, 2.75) is 32.9 Å². The van der Waals surface area contributed by atoms with Crippen molar-refractivity contribution in [2.75, 3.05) is 18.4 Å². The Kier molecular flexibility index (Phi) is 5.64. The second kappa shape index (κ2) is 8.33. The molecule has 1 fully saturated rings. The molecule has 28 heavy (non-hydrogen) atoms. The van der Waals surface area contributed by atoms with Crippen LogP contribution in [0, 0.1) is 5.92 Å². The van der Waals surface area contributed by atoms with Gasteiger partial charge in [-0.3, -0.25) is 9.69 Å². The number of benzene rings is 2. The minimum atomic E-state index is -0.0103. The average Bonchev–Trinajstić information content (AvgIpc) is 3.06. The van der Waals surface area contributed by atoms with Gasteiger partial charge in [-0.05, 0) is 62.7 Å². The highest BCUT2D eigenvalue weighted by Crippen LogP contribution is 2.23. The summed E-state index contributed by atoms with van der Waals surface area (Å²) in [4.78, 5) is 19.9. The molecular weight excluding hydrogens is 372 g/mol. The molecule has 2 aromatic carbocycles. The summed E-state index contributed by atoms with van der Waals surface area (Å²) in [7, 11) is 0. The summed E-state index contributed by atoms with van der Waals surface area (Å²) in [6.07, 6.45) is 1.94. The highest BCUT2D eigenvalue weighted by Gasteiger charge is 2.27. The fourth-order valence-corrected chi connectivity index (χ4v) is 4.12. The number of aryl methyl sites for hydroxylation is 1.